The second kappa shape index (κ2) is 6.63. The molecule has 6 heteroatoms. The highest BCUT2D eigenvalue weighted by atomic mass is 16.2. The molecule has 0 saturated heterocycles. The number of rotatable bonds is 4. The minimum Gasteiger partial charge on any atom is -0.345 e. The van der Waals surface area contributed by atoms with Gasteiger partial charge in [-0.05, 0) is 18.4 Å². The predicted molar refractivity (Wildman–Crippen MR) is 91.0 cm³/mol. The summed E-state index contributed by atoms with van der Waals surface area (Å²) in [5, 5.41) is 7.74. The van der Waals surface area contributed by atoms with Gasteiger partial charge in [-0.3, -0.25) is 9.89 Å². The van der Waals surface area contributed by atoms with Crippen molar-refractivity contribution in [3.8, 4) is 0 Å². The Bertz CT molecular complexity index is 725. The summed E-state index contributed by atoms with van der Waals surface area (Å²) < 4.78 is 0. The molecule has 0 unspecified atom stereocenters. The van der Waals surface area contributed by atoms with Gasteiger partial charge in [-0.25, -0.2) is 4.98 Å². The van der Waals surface area contributed by atoms with Crippen LogP contribution < -0.4 is 0 Å². The van der Waals surface area contributed by atoms with Crippen LogP contribution in [0.3, 0.4) is 0 Å². The molecule has 0 atom stereocenters. The lowest BCUT2D eigenvalue weighted by Gasteiger charge is -2.26. The largest absolute Gasteiger partial charge is 0.345 e. The van der Waals surface area contributed by atoms with E-state index in [0.717, 1.165) is 31.0 Å². The van der Waals surface area contributed by atoms with Crippen LogP contribution in [0.1, 0.15) is 48.3 Å². The van der Waals surface area contributed by atoms with E-state index in [1.54, 1.807) is 24.7 Å². The highest BCUT2D eigenvalue weighted by Crippen LogP contribution is 2.30. The summed E-state index contributed by atoms with van der Waals surface area (Å²) in [6.07, 6.45) is 13.9. The summed E-state index contributed by atoms with van der Waals surface area (Å²) in [6, 6.07) is 0. The first kappa shape index (κ1) is 15.2. The molecule has 1 saturated carbocycles. The van der Waals surface area contributed by atoms with Gasteiger partial charge in [0.1, 0.15) is 0 Å². The molecule has 1 fully saturated rings. The third-order valence-electron chi connectivity index (χ3n) is 5.21. The number of H-pyrrole nitrogens is 2. The van der Waals surface area contributed by atoms with Crippen molar-refractivity contribution in [2.45, 2.75) is 45.1 Å². The number of aromatic nitrogens is 4. The summed E-state index contributed by atoms with van der Waals surface area (Å²) >= 11 is 0. The van der Waals surface area contributed by atoms with E-state index >= 15 is 0 Å². The van der Waals surface area contributed by atoms with E-state index in [1.165, 1.54) is 42.6 Å². The number of carbonyl (C=O) groups excluding carboxylic acids is 1. The Balaban J connectivity index is 1.44. The first-order valence-corrected chi connectivity index (χ1v) is 8.80. The number of hydrogen-bond donors (Lipinski definition) is 2. The van der Waals surface area contributed by atoms with E-state index in [4.69, 9.17) is 0 Å². The average Bonchev–Trinajstić information content (AvgIpc) is 3.35. The molecule has 1 aliphatic heterocycles. The van der Waals surface area contributed by atoms with Crippen LogP contribution in [0, 0.1) is 5.92 Å². The maximum Gasteiger partial charge on any atom is 0.246 e. The molecule has 24 heavy (non-hydrogen) atoms. The number of amides is 1. The molecule has 2 N–H and O–H groups in total. The summed E-state index contributed by atoms with van der Waals surface area (Å²) in [5.41, 5.74) is 4.47. The predicted octanol–water partition coefficient (Wildman–Crippen LogP) is 2.46. The first-order chi connectivity index (χ1) is 11.8. The van der Waals surface area contributed by atoms with Crippen molar-refractivity contribution >= 4 is 12.0 Å². The third kappa shape index (κ3) is 3.13. The summed E-state index contributed by atoms with van der Waals surface area (Å²) in [5.74, 6) is 0.812. The molecule has 1 amide bonds. The fourth-order valence-corrected chi connectivity index (χ4v) is 3.82. The molecule has 1 aliphatic carbocycles. The lowest BCUT2D eigenvalue weighted by molar-refractivity contribution is -0.126. The van der Waals surface area contributed by atoms with Crippen LogP contribution in [0.4, 0.5) is 0 Å². The summed E-state index contributed by atoms with van der Waals surface area (Å²) in [6.45, 7) is 1.41. The van der Waals surface area contributed by atoms with Gasteiger partial charge in [0, 0.05) is 36.8 Å². The van der Waals surface area contributed by atoms with Crippen LogP contribution in [0.2, 0.25) is 0 Å². The van der Waals surface area contributed by atoms with Crippen molar-refractivity contribution < 1.29 is 4.79 Å². The van der Waals surface area contributed by atoms with Crippen molar-refractivity contribution in [2.75, 3.05) is 6.54 Å². The number of fused-ring (bicyclic) bond motifs is 1. The van der Waals surface area contributed by atoms with Gasteiger partial charge in [-0.2, -0.15) is 5.10 Å². The maximum absolute atomic E-state index is 12.5. The van der Waals surface area contributed by atoms with E-state index in [1.807, 2.05) is 4.90 Å². The fourth-order valence-electron chi connectivity index (χ4n) is 3.82. The lowest BCUT2D eigenvalue weighted by Crippen LogP contribution is -2.35. The summed E-state index contributed by atoms with van der Waals surface area (Å²) in [4.78, 5) is 21.3. The molecular weight excluding hydrogens is 302 g/mol. The quantitative estimate of drug-likeness (QED) is 0.848. The van der Waals surface area contributed by atoms with Crippen LogP contribution in [-0.2, 0) is 24.2 Å². The molecule has 2 aromatic heterocycles. The number of nitrogens with one attached hydrogen (secondary N) is 2. The van der Waals surface area contributed by atoms with Gasteiger partial charge < -0.3 is 9.88 Å². The standard InChI is InChI=1S/C18H23N5O/c24-18(6-5-14-10-19-12-20-14)23-8-7-16-15(11-23)17(22-21-16)9-13-3-1-2-4-13/h5-6,10,12-13H,1-4,7-9,11H2,(H,19,20)(H,21,22)/b6-5+. The maximum atomic E-state index is 12.5. The Morgan fingerprint density at radius 1 is 1.38 bits per heavy atom. The Morgan fingerprint density at radius 3 is 3.04 bits per heavy atom. The third-order valence-corrected chi connectivity index (χ3v) is 5.21. The van der Waals surface area contributed by atoms with Crippen molar-refractivity contribution in [1.29, 1.82) is 0 Å². The molecule has 2 aliphatic rings. The van der Waals surface area contributed by atoms with Crippen LogP contribution in [-0.4, -0.2) is 37.5 Å². The smallest absolute Gasteiger partial charge is 0.246 e. The Morgan fingerprint density at radius 2 is 2.25 bits per heavy atom. The molecule has 0 spiro atoms. The molecule has 126 valence electrons. The van der Waals surface area contributed by atoms with Gasteiger partial charge in [0.15, 0.2) is 0 Å². The molecule has 3 heterocycles. The van der Waals surface area contributed by atoms with Crippen molar-refractivity contribution in [2.24, 2.45) is 5.92 Å². The van der Waals surface area contributed by atoms with E-state index in [2.05, 4.69) is 20.2 Å². The zero-order valence-electron chi connectivity index (χ0n) is 13.8. The molecule has 4 rings (SSSR count). The number of nitrogens with zero attached hydrogens (tertiary/aromatic N) is 3. The van der Waals surface area contributed by atoms with Gasteiger partial charge in [0.2, 0.25) is 5.91 Å². The van der Waals surface area contributed by atoms with Gasteiger partial charge >= 0.3 is 0 Å². The minimum absolute atomic E-state index is 0.0447. The first-order valence-electron chi connectivity index (χ1n) is 8.80. The molecule has 0 bridgehead atoms. The molecule has 6 nitrogen and oxygen atoms in total. The Kier molecular flexibility index (Phi) is 4.19. The van der Waals surface area contributed by atoms with Crippen molar-refractivity contribution in [1.82, 2.24) is 25.1 Å². The molecular formula is C18H23N5O. The van der Waals surface area contributed by atoms with E-state index in [0.29, 0.717) is 6.54 Å². The van der Waals surface area contributed by atoms with E-state index in [9.17, 15) is 4.79 Å². The minimum atomic E-state index is 0.0447. The second-order valence-corrected chi connectivity index (χ2v) is 6.83. The SMILES string of the molecule is O=C(/C=C/c1cnc[nH]1)N1CCc2[nH]nc(CC3CCCC3)c2C1. The van der Waals surface area contributed by atoms with Crippen LogP contribution >= 0.6 is 0 Å². The van der Waals surface area contributed by atoms with Gasteiger partial charge in [0.05, 0.1) is 23.9 Å². The van der Waals surface area contributed by atoms with Crippen LogP contribution in [0.15, 0.2) is 18.6 Å². The van der Waals surface area contributed by atoms with E-state index < -0.39 is 0 Å². The molecule has 2 aromatic rings. The van der Waals surface area contributed by atoms with Gasteiger partial charge in [0.25, 0.3) is 0 Å². The summed E-state index contributed by atoms with van der Waals surface area (Å²) in [7, 11) is 0. The Labute approximate surface area is 141 Å². The lowest BCUT2D eigenvalue weighted by atomic mass is 9.96. The number of hydrogen-bond acceptors (Lipinski definition) is 3. The fraction of sp³-hybridized carbons (Fsp3) is 0.500. The monoisotopic (exact) mass is 325 g/mol. The van der Waals surface area contributed by atoms with E-state index in [-0.39, 0.29) is 5.91 Å². The van der Waals surface area contributed by atoms with Gasteiger partial charge in [-0.1, -0.05) is 25.7 Å². The molecule has 0 radical (unpaired) electrons. The van der Waals surface area contributed by atoms with Crippen LogP contribution in [0.25, 0.3) is 6.08 Å². The van der Waals surface area contributed by atoms with Gasteiger partial charge in [-0.15, -0.1) is 0 Å². The topological polar surface area (TPSA) is 77.7 Å². The average molecular weight is 325 g/mol. The second-order valence-electron chi connectivity index (χ2n) is 6.83. The number of imidazole rings is 1. The Hall–Kier alpha value is -2.37. The van der Waals surface area contributed by atoms with Crippen LogP contribution in [0.5, 0.6) is 0 Å². The number of aromatic amines is 2. The van der Waals surface area contributed by atoms with Crippen molar-refractivity contribution in [3.63, 3.8) is 0 Å². The zero-order chi connectivity index (χ0) is 16.4. The number of carbonyl (C=O) groups is 1. The molecule has 0 aromatic carbocycles. The highest BCUT2D eigenvalue weighted by Gasteiger charge is 2.26. The van der Waals surface area contributed by atoms with Crippen molar-refractivity contribution in [3.05, 3.63) is 41.2 Å². The highest BCUT2D eigenvalue weighted by molar-refractivity contribution is 5.91. The zero-order valence-corrected chi connectivity index (χ0v) is 13.8. The normalized spacial score (nSPS) is 18.4.